The second kappa shape index (κ2) is 6.29. The van der Waals surface area contributed by atoms with E-state index in [0.717, 1.165) is 5.56 Å². The van der Waals surface area contributed by atoms with Gasteiger partial charge in [0, 0.05) is 29.7 Å². The van der Waals surface area contributed by atoms with Crippen LogP contribution < -0.4 is 10.1 Å². The first-order chi connectivity index (χ1) is 12.7. The summed E-state index contributed by atoms with van der Waals surface area (Å²) in [6.45, 7) is 0. The van der Waals surface area contributed by atoms with E-state index in [4.69, 9.17) is 4.74 Å². The number of nitrogens with one attached hydrogen (secondary N) is 1. The zero-order chi connectivity index (χ0) is 18.1. The molecule has 0 spiro atoms. The van der Waals surface area contributed by atoms with Crippen molar-refractivity contribution < 1.29 is 14.9 Å². The Morgan fingerprint density at radius 1 is 1.08 bits per heavy atom. The number of benzene rings is 2. The van der Waals surface area contributed by atoms with E-state index >= 15 is 0 Å². The average molecular weight is 348 g/mol. The monoisotopic (exact) mass is 348 g/mol. The van der Waals surface area contributed by atoms with Crippen LogP contribution in [0.5, 0.6) is 17.2 Å². The third-order valence-electron chi connectivity index (χ3n) is 3.97. The molecule has 4 aromatic rings. The lowest BCUT2D eigenvalue weighted by atomic mass is 10.1. The molecule has 0 unspecified atom stereocenters. The number of phenols is 2. The zero-order valence-corrected chi connectivity index (χ0v) is 13.9. The summed E-state index contributed by atoms with van der Waals surface area (Å²) in [5, 5.41) is 22.9. The smallest absolute Gasteiger partial charge is 0.235 e. The number of methoxy groups -OCH3 is 1. The fourth-order valence-corrected chi connectivity index (χ4v) is 2.75. The van der Waals surface area contributed by atoms with Gasteiger partial charge in [-0.2, -0.15) is 0 Å². The highest BCUT2D eigenvalue weighted by atomic mass is 16.5. The van der Waals surface area contributed by atoms with Crippen molar-refractivity contribution in [2.24, 2.45) is 0 Å². The van der Waals surface area contributed by atoms with E-state index in [1.807, 2.05) is 22.7 Å². The third-order valence-corrected chi connectivity index (χ3v) is 3.97. The maximum Gasteiger partial charge on any atom is 0.235 e. The molecular weight excluding hydrogens is 332 g/mol. The molecule has 3 N–H and O–H groups in total. The van der Waals surface area contributed by atoms with Crippen LogP contribution in [0.4, 0.5) is 11.5 Å². The van der Waals surface area contributed by atoms with Gasteiger partial charge in [0.05, 0.1) is 7.11 Å². The Balaban J connectivity index is 1.86. The molecule has 0 aliphatic rings. The molecule has 0 aliphatic heterocycles. The Morgan fingerprint density at radius 3 is 2.77 bits per heavy atom. The Bertz CT molecular complexity index is 1090. The second-order valence-corrected chi connectivity index (χ2v) is 5.66. The summed E-state index contributed by atoms with van der Waals surface area (Å²) in [5.74, 6) is 1.79. The number of aromatic nitrogens is 3. The fourth-order valence-electron chi connectivity index (χ4n) is 2.75. The van der Waals surface area contributed by atoms with Gasteiger partial charge in [0.15, 0.2) is 11.5 Å². The average Bonchev–Trinajstić information content (AvgIpc) is 3.02. The summed E-state index contributed by atoms with van der Waals surface area (Å²) < 4.78 is 6.98. The first kappa shape index (κ1) is 15.8. The van der Waals surface area contributed by atoms with E-state index in [1.165, 1.54) is 7.11 Å². The fraction of sp³-hybridized carbons (Fsp3) is 0.0526. The minimum Gasteiger partial charge on any atom is -0.508 e. The largest absolute Gasteiger partial charge is 0.508 e. The number of nitrogens with zero attached hydrogens (tertiary/aromatic N) is 3. The number of anilines is 2. The van der Waals surface area contributed by atoms with Gasteiger partial charge in [-0.15, -0.1) is 0 Å². The maximum atomic E-state index is 9.81. The van der Waals surface area contributed by atoms with E-state index < -0.39 is 0 Å². The van der Waals surface area contributed by atoms with Gasteiger partial charge in [-0.3, -0.25) is 4.40 Å². The SMILES string of the molecule is COc1cc(Nc2c(-c3cccc(O)c3)nc3ncccn23)ccc1O. The highest BCUT2D eigenvalue weighted by Crippen LogP contribution is 2.34. The molecule has 2 aromatic heterocycles. The van der Waals surface area contributed by atoms with E-state index in [2.05, 4.69) is 15.3 Å². The van der Waals surface area contributed by atoms with E-state index in [0.29, 0.717) is 28.7 Å². The normalized spacial score (nSPS) is 10.8. The van der Waals surface area contributed by atoms with Gasteiger partial charge in [0.25, 0.3) is 0 Å². The number of ether oxygens (including phenoxy) is 1. The number of hydrogen-bond donors (Lipinski definition) is 3. The molecule has 0 atom stereocenters. The zero-order valence-electron chi connectivity index (χ0n) is 13.9. The number of imidazole rings is 1. The van der Waals surface area contributed by atoms with Crippen LogP contribution in [-0.4, -0.2) is 31.7 Å². The van der Waals surface area contributed by atoms with Crippen molar-refractivity contribution in [3.63, 3.8) is 0 Å². The van der Waals surface area contributed by atoms with Crippen LogP contribution in [0.15, 0.2) is 60.9 Å². The number of hydrogen-bond acceptors (Lipinski definition) is 6. The molecule has 0 bridgehead atoms. The maximum absolute atomic E-state index is 9.81. The quantitative estimate of drug-likeness (QED) is 0.489. The first-order valence-electron chi connectivity index (χ1n) is 7.92. The second-order valence-electron chi connectivity index (χ2n) is 5.66. The topological polar surface area (TPSA) is 91.9 Å². The summed E-state index contributed by atoms with van der Waals surface area (Å²) in [5.41, 5.74) is 2.11. The molecule has 26 heavy (non-hydrogen) atoms. The van der Waals surface area contributed by atoms with Crippen molar-refractivity contribution >= 4 is 17.3 Å². The van der Waals surface area contributed by atoms with E-state index in [-0.39, 0.29) is 11.5 Å². The molecule has 0 radical (unpaired) electrons. The molecular formula is C19H16N4O3. The van der Waals surface area contributed by atoms with Gasteiger partial charge in [-0.25, -0.2) is 9.97 Å². The highest BCUT2D eigenvalue weighted by molar-refractivity contribution is 5.79. The lowest BCUT2D eigenvalue weighted by molar-refractivity contribution is 0.374. The standard InChI is InChI=1S/C19H16N4O3/c1-26-16-11-13(6-7-15(16)25)21-18-17(12-4-2-5-14(24)10-12)22-19-20-8-3-9-23(18)19/h2-11,21,24-25H,1H3. The predicted molar refractivity (Wildman–Crippen MR) is 98.0 cm³/mol. The van der Waals surface area contributed by atoms with Crippen LogP contribution in [0.25, 0.3) is 17.0 Å². The van der Waals surface area contributed by atoms with Crippen molar-refractivity contribution in [3.05, 3.63) is 60.9 Å². The van der Waals surface area contributed by atoms with Gasteiger partial charge in [0.1, 0.15) is 17.3 Å². The summed E-state index contributed by atoms with van der Waals surface area (Å²) in [6, 6.07) is 13.7. The Kier molecular flexibility index (Phi) is 3.81. The van der Waals surface area contributed by atoms with Crippen molar-refractivity contribution in [2.75, 3.05) is 12.4 Å². The summed E-state index contributed by atoms with van der Waals surface area (Å²) in [6.07, 6.45) is 3.52. The number of phenolic OH excluding ortho intramolecular Hbond substituents is 2. The summed E-state index contributed by atoms with van der Waals surface area (Å²) >= 11 is 0. The molecule has 0 fully saturated rings. The van der Waals surface area contributed by atoms with Crippen LogP contribution in [-0.2, 0) is 0 Å². The van der Waals surface area contributed by atoms with Crippen LogP contribution in [0, 0.1) is 0 Å². The van der Waals surface area contributed by atoms with Gasteiger partial charge >= 0.3 is 0 Å². The molecule has 7 heteroatoms. The first-order valence-corrected chi connectivity index (χ1v) is 7.92. The van der Waals surface area contributed by atoms with Gasteiger partial charge in [-0.1, -0.05) is 12.1 Å². The predicted octanol–water partition coefficient (Wildman–Crippen LogP) is 3.56. The van der Waals surface area contributed by atoms with Crippen molar-refractivity contribution in [3.8, 4) is 28.5 Å². The number of fused-ring (bicyclic) bond motifs is 1. The van der Waals surface area contributed by atoms with Crippen LogP contribution in [0.2, 0.25) is 0 Å². The molecule has 4 rings (SSSR count). The van der Waals surface area contributed by atoms with Crippen LogP contribution in [0.3, 0.4) is 0 Å². The van der Waals surface area contributed by atoms with E-state index in [1.54, 1.807) is 42.6 Å². The molecule has 0 saturated heterocycles. The van der Waals surface area contributed by atoms with Crippen LogP contribution in [0.1, 0.15) is 0 Å². The van der Waals surface area contributed by atoms with Crippen molar-refractivity contribution in [1.82, 2.24) is 14.4 Å². The Morgan fingerprint density at radius 2 is 1.96 bits per heavy atom. The molecule has 7 nitrogen and oxygen atoms in total. The summed E-state index contributed by atoms with van der Waals surface area (Å²) in [4.78, 5) is 8.86. The van der Waals surface area contributed by atoms with Crippen molar-refractivity contribution in [2.45, 2.75) is 0 Å². The lowest BCUT2D eigenvalue weighted by Gasteiger charge is -2.11. The van der Waals surface area contributed by atoms with Crippen molar-refractivity contribution in [1.29, 1.82) is 0 Å². The third kappa shape index (κ3) is 2.75. The minimum atomic E-state index is 0.0612. The number of aromatic hydroxyl groups is 2. The Hall–Kier alpha value is -3.74. The van der Waals surface area contributed by atoms with Gasteiger partial charge in [-0.05, 0) is 30.3 Å². The van der Waals surface area contributed by atoms with Gasteiger partial charge < -0.3 is 20.3 Å². The van der Waals surface area contributed by atoms with E-state index in [9.17, 15) is 10.2 Å². The number of rotatable bonds is 4. The molecule has 2 heterocycles. The molecule has 0 aliphatic carbocycles. The Labute approximate surface area is 149 Å². The molecule has 0 amide bonds. The molecule has 0 saturated carbocycles. The summed E-state index contributed by atoms with van der Waals surface area (Å²) in [7, 11) is 1.50. The van der Waals surface area contributed by atoms with Crippen LogP contribution >= 0.6 is 0 Å². The minimum absolute atomic E-state index is 0.0612. The molecule has 2 aromatic carbocycles. The molecule has 130 valence electrons. The van der Waals surface area contributed by atoms with Gasteiger partial charge in [0.2, 0.25) is 5.78 Å². The highest BCUT2D eigenvalue weighted by Gasteiger charge is 2.16. The lowest BCUT2D eigenvalue weighted by Crippen LogP contribution is -1.98.